The molecule has 1 aliphatic heterocycles. The van der Waals surface area contributed by atoms with E-state index in [2.05, 4.69) is 30.4 Å². The zero-order valence-electron chi connectivity index (χ0n) is 10.7. The van der Waals surface area contributed by atoms with E-state index in [-0.39, 0.29) is 6.04 Å². The third-order valence-corrected chi connectivity index (χ3v) is 4.78. The lowest BCUT2D eigenvalue weighted by Crippen LogP contribution is -2.27. The van der Waals surface area contributed by atoms with Gasteiger partial charge in [-0.05, 0) is 24.7 Å². The molecule has 1 N–H and O–H groups in total. The first kappa shape index (κ1) is 13.0. The number of para-hydroxylation sites is 1. The molecule has 2 heterocycles. The molecule has 0 saturated carbocycles. The minimum atomic E-state index is 0.270. The highest BCUT2D eigenvalue weighted by molar-refractivity contribution is 7.16. The Morgan fingerprint density at radius 3 is 2.95 bits per heavy atom. The van der Waals surface area contributed by atoms with Gasteiger partial charge in [-0.15, -0.1) is 11.3 Å². The highest BCUT2D eigenvalue weighted by Gasteiger charge is 2.32. The van der Waals surface area contributed by atoms with E-state index in [0.717, 1.165) is 23.2 Å². The summed E-state index contributed by atoms with van der Waals surface area (Å²) in [6.07, 6.45) is 0. The van der Waals surface area contributed by atoms with Gasteiger partial charge in [-0.2, -0.15) is 0 Å². The number of likely N-dealkylation sites (N-methyl/N-ethyl adjacent to an activating group) is 1. The summed E-state index contributed by atoms with van der Waals surface area (Å²) in [6, 6.07) is 12.6. The quantitative estimate of drug-likeness (QED) is 0.911. The topological polar surface area (TPSA) is 21.3 Å². The molecule has 100 valence electrons. The molecule has 1 aliphatic rings. The van der Waals surface area contributed by atoms with Gasteiger partial charge in [0.05, 0.1) is 17.0 Å². The molecule has 0 fully saturated rings. The lowest BCUT2D eigenvalue weighted by molar-refractivity contribution is 0.302. The van der Waals surface area contributed by atoms with Gasteiger partial charge in [0.1, 0.15) is 5.75 Å². The zero-order chi connectivity index (χ0) is 13.2. The van der Waals surface area contributed by atoms with E-state index in [9.17, 15) is 0 Å². The van der Waals surface area contributed by atoms with Crippen LogP contribution in [0.2, 0.25) is 4.34 Å². The van der Waals surface area contributed by atoms with Crippen LogP contribution in [0.4, 0.5) is 0 Å². The molecule has 1 aromatic carbocycles. The number of halogens is 1. The third kappa shape index (κ3) is 2.50. The van der Waals surface area contributed by atoms with E-state index in [4.69, 9.17) is 16.3 Å². The van der Waals surface area contributed by atoms with Crippen LogP contribution < -0.4 is 10.1 Å². The molecule has 0 amide bonds. The molecule has 0 aliphatic carbocycles. The molecule has 0 bridgehead atoms. The second-order valence-electron chi connectivity index (χ2n) is 4.63. The first-order valence-corrected chi connectivity index (χ1v) is 7.69. The van der Waals surface area contributed by atoms with Crippen LogP contribution in [0, 0.1) is 0 Å². The van der Waals surface area contributed by atoms with E-state index < -0.39 is 0 Å². The highest BCUT2D eigenvalue weighted by atomic mass is 35.5. The van der Waals surface area contributed by atoms with Crippen LogP contribution in [-0.4, -0.2) is 13.2 Å². The summed E-state index contributed by atoms with van der Waals surface area (Å²) in [6.45, 7) is 3.79. The first-order chi connectivity index (χ1) is 9.29. The predicted octanol–water partition coefficient (Wildman–Crippen LogP) is 4.23. The summed E-state index contributed by atoms with van der Waals surface area (Å²) in [7, 11) is 0. The van der Waals surface area contributed by atoms with Crippen molar-refractivity contribution >= 4 is 22.9 Å². The smallest absolute Gasteiger partial charge is 0.122 e. The second kappa shape index (κ2) is 5.53. The van der Waals surface area contributed by atoms with Crippen LogP contribution in [0.25, 0.3) is 0 Å². The van der Waals surface area contributed by atoms with E-state index >= 15 is 0 Å². The molecule has 0 spiro atoms. The van der Waals surface area contributed by atoms with Gasteiger partial charge in [0.2, 0.25) is 0 Å². The van der Waals surface area contributed by atoms with Crippen molar-refractivity contribution in [3.63, 3.8) is 0 Å². The normalized spacial score (nSPS) is 18.9. The molecule has 2 unspecified atom stereocenters. The van der Waals surface area contributed by atoms with Gasteiger partial charge in [-0.3, -0.25) is 0 Å². The number of fused-ring (bicyclic) bond motifs is 1. The van der Waals surface area contributed by atoms with Crippen LogP contribution in [0.1, 0.15) is 29.3 Å². The standard InChI is InChI=1S/C15H16ClNOS/c1-2-17-15(13-7-8-14(16)19-13)11-9-18-12-6-4-3-5-10(11)12/h3-8,11,15,17H,2,9H2,1H3. The summed E-state index contributed by atoms with van der Waals surface area (Å²) in [5.74, 6) is 1.36. The number of benzene rings is 1. The van der Waals surface area contributed by atoms with Crippen LogP contribution in [0.5, 0.6) is 5.75 Å². The molecule has 0 radical (unpaired) electrons. The van der Waals surface area contributed by atoms with Gasteiger partial charge >= 0.3 is 0 Å². The van der Waals surface area contributed by atoms with Gasteiger partial charge in [0, 0.05) is 16.4 Å². The molecule has 19 heavy (non-hydrogen) atoms. The number of rotatable bonds is 4. The summed E-state index contributed by atoms with van der Waals surface area (Å²) < 4.78 is 6.64. The fourth-order valence-electron chi connectivity index (χ4n) is 2.62. The fourth-order valence-corrected chi connectivity index (χ4v) is 3.82. The van der Waals surface area contributed by atoms with Crippen molar-refractivity contribution in [2.24, 2.45) is 0 Å². The van der Waals surface area contributed by atoms with Gasteiger partial charge in [0.25, 0.3) is 0 Å². The van der Waals surface area contributed by atoms with Crippen molar-refractivity contribution in [1.29, 1.82) is 0 Å². The summed E-state index contributed by atoms with van der Waals surface area (Å²) in [5.41, 5.74) is 1.29. The van der Waals surface area contributed by atoms with Crippen molar-refractivity contribution < 1.29 is 4.74 Å². The van der Waals surface area contributed by atoms with E-state index in [1.165, 1.54) is 10.4 Å². The van der Waals surface area contributed by atoms with Crippen LogP contribution in [-0.2, 0) is 0 Å². The van der Waals surface area contributed by atoms with Crippen LogP contribution in [0.15, 0.2) is 36.4 Å². The van der Waals surface area contributed by atoms with E-state index in [0.29, 0.717) is 5.92 Å². The Bertz CT molecular complexity index is 569. The molecule has 2 nitrogen and oxygen atoms in total. The Balaban J connectivity index is 1.94. The summed E-state index contributed by atoms with van der Waals surface area (Å²) in [5, 5.41) is 3.57. The molecule has 0 saturated heterocycles. The SMILES string of the molecule is CCNC(c1ccc(Cl)s1)C1COc2ccccc21. The molecule has 2 aromatic rings. The lowest BCUT2D eigenvalue weighted by atomic mass is 9.92. The van der Waals surface area contributed by atoms with E-state index in [1.807, 2.05) is 18.2 Å². The zero-order valence-corrected chi connectivity index (χ0v) is 12.3. The van der Waals surface area contributed by atoms with Crippen molar-refractivity contribution in [2.45, 2.75) is 18.9 Å². The molecule has 4 heteroatoms. The average Bonchev–Trinajstić information content (AvgIpc) is 3.03. The number of ether oxygens (including phenoxy) is 1. The monoisotopic (exact) mass is 293 g/mol. The Hall–Kier alpha value is -1.03. The maximum atomic E-state index is 6.07. The summed E-state index contributed by atoms with van der Waals surface area (Å²) in [4.78, 5) is 1.28. The van der Waals surface area contributed by atoms with Crippen molar-refractivity contribution in [2.75, 3.05) is 13.2 Å². The number of nitrogens with one attached hydrogen (secondary N) is 1. The van der Waals surface area contributed by atoms with Gasteiger partial charge in [-0.25, -0.2) is 0 Å². The molecule has 2 atom stereocenters. The van der Waals surface area contributed by atoms with Gasteiger partial charge in [0.15, 0.2) is 0 Å². The van der Waals surface area contributed by atoms with Crippen LogP contribution >= 0.6 is 22.9 Å². The van der Waals surface area contributed by atoms with Crippen LogP contribution in [0.3, 0.4) is 0 Å². The number of hydrogen-bond acceptors (Lipinski definition) is 3. The second-order valence-corrected chi connectivity index (χ2v) is 6.38. The average molecular weight is 294 g/mol. The maximum absolute atomic E-state index is 6.07. The number of hydrogen-bond donors (Lipinski definition) is 1. The van der Waals surface area contributed by atoms with Gasteiger partial charge < -0.3 is 10.1 Å². The first-order valence-electron chi connectivity index (χ1n) is 6.50. The summed E-state index contributed by atoms with van der Waals surface area (Å²) >= 11 is 7.72. The number of thiophene rings is 1. The third-order valence-electron chi connectivity index (χ3n) is 3.46. The Kier molecular flexibility index (Phi) is 3.78. The molecular formula is C15H16ClNOS. The largest absolute Gasteiger partial charge is 0.493 e. The molecule has 1 aromatic heterocycles. The Morgan fingerprint density at radius 2 is 2.21 bits per heavy atom. The van der Waals surface area contributed by atoms with Crippen molar-refractivity contribution in [3.8, 4) is 5.75 Å². The molecular weight excluding hydrogens is 278 g/mol. The highest BCUT2D eigenvalue weighted by Crippen LogP contribution is 2.43. The van der Waals surface area contributed by atoms with E-state index in [1.54, 1.807) is 11.3 Å². The van der Waals surface area contributed by atoms with Crippen molar-refractivity contribution in [1.82, 2.24) is 5.32 Å². The van der Waals surface area contributed by atoms with Gasteiger partial charge in [-0.1, -0.05) is 36.7 Å². The molecule has 3 rings (SSSR count). The fraction of sp³-hybridized carbons (Fsp3) is 0.333. The maximum Gasteiger partial charge on any atom is 0.122 e. The Morgan fingerprint density at radius 1 is 1.37 bits per heavy atom. The lowest BCUT2D eigenvalue weighted by Gasteiger charge is -2.22. The van der Waals surface area contributed by atoms with Crippen molar-refractivity contribution in [3.05, 3.63) is 51.2 Å². The Labute approximate surface area is 122 Å². The minimum Gasteiger partial charge on any atom is -0.493 e. The minimum absolute atomic E-state index is 0.270. The predicted molar refractivity (Wildman–Crippen MR) is 80.4 cm³/mol.